The maximum atomic E-state index is 11.7. The Balaban J connectivity index is 1.84. The summed E-state index contributed by atoms with van der Waals surface area (Å²) in [4.78, 5) is 6.24. The number of aryl methyl sites for hydroxylation is 1. The van der Waals surface area contributed by atoms with E-state index >= 15 is 0 Å². The van der Waals surface area contributed by atoms with Crippen molar-refractivity contribution in [3.63, 3.8) is 0 Å². The number of fused-ring (bicyclic) bond motifs is 1. The Morgan fingerprint density at radius 2 is 1.89 bits per heavy atom. The van der Waals surface area contributed by atoms with E-state index in [2.05, 4.69) is 22.1 Å². The second kappa shape index (κ2) is 7.17. The number of nitrogens with zero attached hydrogens (tertiary/aromatic N) is 5. The summed E-state index contributed by atoms with van der Waals surface area (Å²) >= 11 is 0. The SMILES string of the molecule is CCCCn1c(-c2cnn(-c3ccccc3)n2)nc2cc(S(N)(=O)=O)ccc21. The molecule has 2 aromatic carbocycles. The van der Waals surface area contributed by atoms with E-state index in [1.165, 1.54) is 12.1 Å². The Hall–Kier alpha value is -3.04. The summed E-state index contributed by atoms with van der Waals surface area (Å²) < 4.78 is 25.4. The third kappa shape index (κ3) is 3.41. The number of unbranched alkanes of at least 4 members (excludes halogenated alkanes) is 1. The molecule has 0 saturated heterocycles. The van der Waals surface area contributed by atoms with E-state index < -0.39 is 10.0 Å². The van der Waals surface area contributed by atoms with Crippen LogP contribution in [0.3, 0.4) is 0 Å². The minimum absolute atomic E-state index is 0.0413. The van der Waals surface area contributed by atoms with Gasteiger partial charge >= 0.3 is 0 Å². The number of imidazole rings is 1. The predicted molar refractivity (Wildman–Crippen MR) is 106 cm³/mol. The summed E-state index contributed by atoms with van der Waals surface area (Å²) in [5, 5.41) is 14.2. The van der Waals surface area contributed by atoms with Gasteiger partial charge in [-0.15, -0.1) is 5.10 Å². The number of hydrogen-bond donors (Lipinski definition) is 1. The first-order chi connectivity index (χ1) is 13.5. The summed E-state index contributed by atoms with van der Waals surface area (Å²) in [7, 11) is -3.79. The molecule has 8 nitrogen and oxygen atoms in total. The van der Waals surface area contributed by atoms with Crippen molar-refractivity contribution in [1.29, 1.82) is 0 Å². The quantitative estimate of drug-likeness (QED) is 0.539. The summed E-state index contributed by atoms with van der Waals surface area (Å²) in [5.41, 5.74) is 2.87. The topological polar surface area (TPSA) is 109 Å². The van der Waals surface area contributed by atoms with Crippen LogP contribution in [0.15, 0.2) is 59.6 Å². The minimum Gasteiger partial charge on any atom is -0.323 e. The molecule has 0 fully saturated rings. The van der Waals surface area contributed by atoms with E-state index in [1.807, 2.05) is 34.9 Å². The standard InChI is InChI=1S/C19H20N6O2S/c1-2-3-11-24-18-10-9-15(28(20,26)27)12-16(18)22-19(24)17-13-21-25(23-17)14-7-5-4-6-8-14/h4-10,12-13H,2-3,11H2,1H3,(H2,20,26,27). The Morgan fingerprint density at radius 1 is 1.11 bits per heavy atom. The van der Waals surface area contributed by atoms with Crippen molar-refractivity contribution in [1.82, 2.24) is 24.5 Å². The smallest absolute Gasteiger partial charge is 0.238 e. The molecule has 0 aliphatic carbocycles. The number of sulfonamides is 1. The average molecular weight is 396 g/mol. The van der Waals surface area contributed by atoms with Crippen LogP contribution in [0.25, 0.3) is 28.2 Å². The van der Waals surface area contributed by atoms with Crippen LogP contribution in [0.4, 0.5) is 0 Å². The van der Waals surface area contributed by atoms with Gasteiger partial charge in [-0.05, 0) is 36.8 Å². The van der Waals surface area contributed by atoms with Gasteiger partial charge in [-0.25, -0.2) is 18.5 Å². The molecule has 144 valence electrons. The first-order valence-corrected chi connectivity index (χ1v) is 10.5. The number of para-hydroxylation sites is 1. The molecule has 0 bridgehead atoms. The first kappa shape index (κ1) is 18.3. The second-order valence-corrected chi connectivity index (χ2v) is 8.05. The molecule has 0 aliphatic rings. The Labute approximate surface area is 162 Å². The van der Waals surface area contributed by atoms with E-state index in [0.29, 0.717) is 17.0 Å². The Bertz CT molecular complexity index is 1230. The Morgan fingerprint density at radius 3 is 2.61 bits per heavy atom. The molecule has 4 rings (SSSR count). The number of benzene rings is 2. The minimum atomic E-state index is -3.79. The fourth-order valence-corrected chi connectivity index (χ4v) is 3.61. The second-order valence-electron chi connectivity index (χ2n) is 6.49. The van der Waals surface area contributed by atoms with Gasteiger partial charge in [0.15, 0.2) is 5.82 Å². The lowest BCUT2D eigenvalue weighted by molar-refractivity contribution is 0.598. The lowest BCUT2D eigenvalue weighted by atomic mass is 10.3. The van der Waals surface area contributed by atoms with E-state index in [9.17, 15) is 8.42 Å². The largest absolute Gasteiger partial charge is 0.323 e. The molecule has 2 N–H and O–H groups in total. The van der Waals surface area contributed by atoms with Crippen LogP contribution in [0.5, 0.6) is 0 Å². The third-order valence-electron chi connectivity index (χ3n) is 4.49. The zero-order chi connectivity index (χ0) is 19.7. The molecule has 28 heavy (non-hydrogen) atoms. The van der Waals surface area contributed by atoms with E-state index in [4.69, 9.17) is 5.14 Å². The number of rotatable bonds is 6. The van der Waals surface area contributed by atoms with Crippen molar-refractivity contribution >= 4 is 21.1 Å². The van der Waals surface area contributed by atoms with Gasteiger partial charge in [0, 0.05) is 6.54 Å². The molecule has 0 aliphatic heterocycles. The van der Waals surface area contributed by atoms with Crippen LogP contribution in [0.1, 0.15) is 19.8 Å². The normalized spacial score (nSPS) is 11.9. The maximum Gasteiger partial charge on any atom is 0.238 e. The van der Waals surface area contributed by atoms with Crippen LogP contribution in [-0.4, -0.2) is 33.0 Å². The summed E-state index contributed by atoms with van der Waals surface area (Å²) in [6.07, 6.45) is 3.64. The summed E-state index contributed by atoms with van der Waals surface area (Å²) in [6.45, 7) is 2.86. The van der Waals surface area contributed by atoms with Crippen LogP contribution >= 0.6 is 0 Å². The van der Waals surface area contributed by atoms with Crippen LogP contribution < -0.4 is 5.14 Å². The molecule has 0 radical (unpaired) electrons. The molecule has 4 aromatic rings. The molecule has 2 heterocycles. The van der Waals surface area contributed by atoms with Crippen LogP contribution in [-0.2, 0) is 16.6 Å². The zero-order valence-electron chi connectivity index (χ0n) is 15.4. The van der Waals surface area contributed by atoms with Crippen molar-refractivity contribution in [2.75, 3.05) is 0 Å². The summed E-state index contributed by atoms with van der Waals surface area (Å²) in [6, 6.07) is 14.4. The lowest BCUT2D eigenvalue weighted by Crippen LogP contribution is -2.11. The van der Waals surface area contributed by atoms with E-state index in [-0.39, 0.29) is 4.90 Å². The molecule has 0 unspecified atom stereocenters. The molecule has 9 heteroatoms. The van der Waals surface area contributed by atoms with Gasteiger partial charge < -0.3 is 4.57 Å². The van der Waals surface area contributed by atoms with Gasteiger partial charge in [0.2, 0.25) is 10.0 Å². The van der Waals surface area contributed by atoms with Crippen molar-refractivity contribution in [2.45, 2.75) is 31.2 Å². The highest BCUT2D eigenvalue weighted by atomic mass is 32.2. The van der Waals surface area contributed by atoms with Gasteiger partial charge in [0.1, 0.15) is 5.69 Å². The van der Waals surface area contributed by atoms with Gasteiger partial charge in [-0.1, -0.05) is 31.5 Å². The highest BCUT2D eigenvalue weighted by Gasteiger charge is 2.18. The van der Waals surface area contributed by atoms with Gasteiger partial charge in [0.05, 0.1) is 27.8 Å². The van der Waals surface area contributed by atoms with Gasteiger partial charge in [0.25, 0.3) is 0 Å². The van der Waals surface area contributed by atoms with Crippen molar-refractivity contribution in [3.8, 4) is 17.2 Å². The van der Waals surface area contributed by atoms with Crippen molar-refractivity contribution < 1.29 is 8.42 Å². The van der Waals surface area contributed by atoms with E-state index in [0.717, 1.165) is 30.6 Å². The third-order valence-corrected chi connectivity index (χ3v) is 5.40. The number of nitrogens with two attached hydrogens (primary N) is 1. The molecular formula is C19H20N6O2S. The molecule has 0 spiro atoms. The molecule has 0 atom stereocenters. The average Bonchev–Trinajstić information content (AvgIpc) is 3.30. The number of primary sulfonamides is 1. The fourth-order valence-electron chi connectivity index (χ4n) is 3.08. The maximum absolute atomic E-state index is 11.7. The highest BCUT2D eigenvalue weighted by Crippen LogP contribution is 2.26. The lowest BCUT2D eigenvalue weighted by Gasteiger charge is -2.07. The first-order valence-electron chi connectivity index (χ1n) is 8.98. The van der Waals surface area contributed by atoms with Crippen molar-refractivity contribution in [3.05, 3.63) is 54.7 Å². The molecule has 0 saturated carbocycles. The van der Waals surface area contributed by atoms with Crippen LogP contribution in [0.2, 0.25) is 0 Å². The predicted octanol–water partition coefficient (Wildman–Crippen LogP) is 2.73. The fraction of sp³-hybridized carbons (Fsp3) is 0.211. The van der Waals surface area contributed by atoms with Gasteiger partial charge in [-0.2, -0.15) is 9.90 Å². The summed E-state index contributed by atoms with van der Waals surface area (Å²) in [5.74, 6) is 0.650. The van der Waals surface area contributed by atoms with Crippen molar-refractivity contribution in [2.24, 2.45) is 5.14 Å². The number of hydrogen-bond acceptors (Lipinski definition) is 5. The van der Waals surface area contributed by atoms with Gasteiger partial charge in [-0.3, -0.25) is 0 Å². The number of aromatic nitrogens is 5. The molecular weight excluding hydrogens is 376 g/mol. The zero-order valence-corrected chi connectivity index (χ0v) is 16.2. The van der Waals surface area contributed by atoms with Crippen LogP contribution in [0, 0.1) is 0 Å². The molecule has 2 aromatic heterocycles. The highest BCUT2D eigenvalue weighted by molar-refractivity contribution is 7.89. The monoisotopic (exact) mass is 396 g/mol. The Kier molecular flexibility index (Phi) is 4.70. The molecule has 0 amide bonds. The van der Waals surface area contributed by atoms with E-state index in [1.54, 1.807) is 17.1 Å².